The zero-order valence-corrected chi connectivity index (χ0v) is 12.5. The van der Waals surface area contributed by atoms with Crippen molar-refractivity contribution >= 4 is 46.3 Å². The lowest BCUT2D eigenvalue weighted by atomic mass is 10.1. The first-order chi connectivity index (χ1) is 10.0. The highest BCUT2D eigenvalue weighted by Crippen LogP contribution is 2.35. The van der Waals surface area contributed by atoms with E-state index in [4.69, 9.17) is 21.7 Å². The van der Waals surface area contributed by atoms with E-state index in [1.165, 1.54) is 7.11 Å². The summed E-state index contributed by atoms with van der Waals surface area (Å²) in [7, 11) is 1.43. The monoisotopic (exact) mass is 324 g/mol. The quantitative estimate of drug-likeness (QED) is 0.616. The molecule has 1 heterocycles. The van der Waals surface area contributed by atoms with Crippen LogP contribution in [0, 0.1) is 0 Å². The number of amides is 1. The minimum Gasteiger partial charge on any atom is -0.546 e. The maximum absolute atomic E-state index is 11.7. The number of para-hydroxylation sites is 1. The number of aliphatic carboxylic acids is 1. The van der Waals surface area contributed by atoms with Gasteiger partial charge >= 0.3 is 0 Å². The van der Waals surface area contributed by atoms with Gasteiger partial charge in [0, 0.05) is 5.56 Å². The fraction of sp³-hybridized carbons (Fsp3) is 0.154. The van der Waals surface area contributed by atoms with Crippen molar-refractivity contribution in [2.75, 3.05) is 13.7 Å². The molecule has 0 aromatic heterocycles. The summed E-state index contributed by atoms with van der Waals surface area (Å²) in [4.78, 5) is 22.6. The van der Waals surface area contributed by atoms with Crippen molar-refractivity contribution in [1.82, 2.24) is 5.32 Å². The summed E-state index contributed by atoms with van der Waals surface area (Å²) in [6.07, 6.45) is 1.56. The molecule has 0 radical (unpaired) electrons. The van der Waals surface area contributed by atoms with Crippen molar-refractivity contribution in [2.45, 2.75) is 0 Å². The highest BCUT2D eigenvalue weighted by atomic mass is 32.2. The number of carboxylic acid groups (broad SMARTS) is 1. The van der Waals surface area contributed by atoms with Crippen molar-refractivity contribution in [2.24, 2.45) is 0 Å². The van der Waals surface area contributed by atoms with Crippen LogP contribution in [0.1, 0.15) is 5.56 Å². The minimum absolute atomic E-state index is 0.225. The van der Waals surface area contributed by atoms with Gasteiger partial charge in [-0.25, -0.2) is 0 Å². The van der Waals surface area contributed by atoms with E-state index in [9.17, 15) is 14.7 Å². The third-order valence-corrected chi connectivity index (χ3v) is 3.65. The van der Waals surface area contributed by atoms with Gasteiger partial charge in [0.15, 0.2) is 11.5 Å². The van der Waals surface area contributed by atoms with Crippen LogP contribution in [0.4, 0.5) is 0 Å². The van der Waals surface area contributed by atoms with Gasteiger partial charge in [0.25, 0.3) is 5.91 Å². The van der Waals surface area contributed by atoms with Crippen molar-refractivity contribution in [3.63, 3.8) is 0 Å². The molecular weight excluding hydrogens is 314 g/mol. The first-order valence-corrected chi connectivity index (χ1v) is 6.98. The molecule has 1 amide bonds. The van der Waals surface area contributed by atoms with E-state index in [0.717, 1.165) is 11.8 Å². The van der Waals surface area contributed by atoms with Crippen LogP contribution in [0.3, 0.4) is 0 Å². The molecule has 8 heteroatoms. The first kappa shape index (κ1) is 15.3. The summed E-state index contributed by atoms with van der Waals surface area (Å²) in [5, 5.41) is 13.0. The average Bonchev–Trinajstić information content (AvgIpc) is 2.75. The largest absolute Gasteiger partial charge is 0.546 e. The van der Waals surface area contributed by atoms with E-state index in [2.05, 4.69) is 5.32 Å². The molecule has 0 unspecified atom stereocenters. The Labute approximate surface area is 130 Å². The molecule has 1 fully saturated rings. The Morgan fingerprint density at radius 2 is 2.29 bits per heavy atom. The Kier molecular flexibility index (Phi) is 4.81. The number of carbonyl (C=O) groups is 2. The lowest BCUT2D eigenvalue weighted by Crippen LogP contribution is -2.29. The number of nitrogens with one attached hydrogen (secondary N) is 1. The Hall–Kier alpha value is -2.06. The molecule has 1 aromatic rings. The van der Waals surface area contributed by atoms with Gasteiger partial charge in [-0.05, 0) is 12.1 Å². The van der Waals surface area contributed by atoms with Gasteiger partial charge in [-0.3, -0.25) is 4.79 Å². The zero-order chi connectivity index (χ0) is 15.4. The van der Waals surface area contributed by atoms with Crippen molar-refractivity contribution < 1.29 is 24.2 Å². The Balaban J connectivity index is 2.38. The number of methoxy groups -OCH3 is 1. The fourth-order valence-corrected chi connectivity index (χ4v) is 2.69. The smallest absolute Gasteiger partial charge is 0.263 e. The van der Waals surface area contributed by atoms with E-state index in [1.807, 2.05) is 0 Å². The van der Waals surface area contributed by atoms with Gasteiger partial charge in [-0.1, -0.05) is 36.1 Å². The third kappa shape index (κ3) is 3.73. The van der Waals surface area contributed by atoms with E-state index in [1.54, 1.807) is 24.3 Å². The molecule has 110 valence electrons. The molecule has 1 aliphatic rings. The molecule has 1 aliphatic heterocycles. The number of carboxylic acids is 1. The van der Waals surface area contributed by atoms with E-state index in [0.29, 0.717) is 20.5 Å². The molecule has 0 atom stereocenters. The Morgan fingerprint density at radius 3 is 2.86 bits per heavy atom. The average molecular weight is 324 g/mol. The van der Waals surface area contributed by atoms with Crippen LogP contribution < -0.4 is 19.9 Å². The summed E-state index contributed by atoms with van der Waals surface area (Å²) in [6, 6.07) is 5.00. The fourth-order valence-electron chi connectivity index (χ4n) is 1.66. The number of carbonyl (C=O) groups excluding carboxylic acids is 2. The lowest BCUT2D eigenvalue weighted by molar-refractivity contribution is -0.307. The normalized spacial score (nSPS) is 16.0. The van der Waals surface area contributed by atoms with E-state index < -0.39 is 12.6 Å². The number of hydrogen-bond donors (Lipinski definition) is 1. The van der Waals surface area contributed by atoms with Gasteiger partial charge in [-0.2, -0.15) is 0 Å². The van der Waals surface area contributed by atoms with Crippen LogP contribution >= 0.6 is 24.0 Å². The number of thiocarbonyl (C=S) groups is 1. The van der Waals surface area contributed by atoms with E-state index in [-0.39, 0.29) is 11.7 Å². The standard InChI is InChI=1S/C13H11NO5S2/c1-18-8-4-2-3-7(11(8)19-6-10(15)16)5-9-12(17)14-13(20)21-9/h2-5H,6H2,1H3,(H,15,16)(H,14,17,20)/p-1/b9-5+. The molecule has 1 aromatic carbocycles. The van der Waals surface area contributed by atoms with Crippen molar-refractivity contribution in [3.05, 3.63) is 28.7 Å². The molecule has 21 heavy (non-hydrogen) atoms. The van der Waals surface area contributed by atoms with Gasteiger partial charge in [0.2, 0.25) is 0 Å². The van der Waals surface area contributed by atoms with Gasteiger partial charge in [0.05, 0.1) is 18.0 Å². The van der Waals surface area contributed by atoms with Crippen LogP contribution in [-0.2, 0) is 9.59 Å². The maximum atomic E-state index is 11.7. The highest BCUT2D eigenvalue weighted by Gasteiger charge is 2.23. The van der Waals surface area contributed by atoms with E-state index >= 15 is 0 Å². The van der Waals surface area contributed by atoms with Crippen molar-refractivity contribution in [3.8, 4) is 11.5 Å². The Morgan fingerprint density at radius 1 is 1.52 bits per heavy atom. The number of thioether (sulfide) groups is 1. The second kappa shape index (κ2) is 6.59. The predicted octanol–water partition coefficient (Wildman–Crippen LogP) is 0.313. The molecule has 2 rings (SSSR count). The van der Waals surface area contributed by atoms with Crippen LogP contribution in [-0.4, -0.2) is 29.9 Å². The van der Waals surface area contributed by atoms with Crippen LogP contribution in [0.5, 0.6) is 11.5 Å². The first-order valence-electron chi connectivity index (χ1n) is 5.75. The topological polar surface area (TPSA) is 87.7 Å². The van der Waals surface area contributed by atoms with Gasteiger partial charge < -0.3 is 24.7 Å². The zero-order valence-electron chi connectivity index (χ0n) is 10.9. The molecule has 0 saturated carbocycles. The number of ether oxygens (including phenoxy) is 2. The molecule has 0 bridgehead atoms. The maximum Gasteiger partial charge on any atom is 0.263 e. The van der Waals surface area contributed by atoms with Gasteiger partial charge in [-0.15, -0.1) is 0 Å². The van der Waals surface area contributed by atoms with Crippen LogP contribution in [0.25, 0.3) is 6.08 Å². The predicted molar refractivity (Wildman–Crippen MR) is 79.8 cm³/mol. The number of rotatable bonds is 5. The molecule has 1 N–H and O–H groups in total. The Bertz CT molecular complexity index is 641. The number of hydrogen-bond acceptors (Lipinski definition) is 7. The SMILES string of the molecule is COc1cccc(/C=C2/SC(=S)NC2=O)c1OCC(=O)[O-]. The summed E-state index contributed by atoms with van der Waals surface area (Å²) in [5.41, 5.74) is 0.512. The number of benzene rings is 1. The van der Waals surface area contributed by atoms with Crippen molar-refractivity contribution in [1.29, 1.82) is 0 Å². The lowest BCUT2D eigenvalue weighted by Gasteiger charge is -2.13. The molecule has 6 nitrogen and oxygen atoms in total. The van der Waals surface area contributed by atoms with Gasteiger partial charge in [0.1, 0.15) is 10.9 Å². The summed E-state index contributed by atoms with van der Waals surface area (Å²) in [5.74, 6) is -1.08. The van der Waals surface area contributed by atoms with Crippen LogP contribution in [0.15, 0.2) is 23.1 Å². The summed E-state index contributed by atoms with van der Waals surface area (Å²) < 4.78 is 10.7. The third-order valence-electron chi connectivity index (χ3n) is 2.49. The molecule has 1 saturated heterocycles. The molecule has 0 aliphatic carbocycles. The molecule has 0 spiro atoms. The minimum atomic E-state index is -1.35. The highest BCUT2D eigenvalue weighted by molar-refractivity contribution is 8.26. The molecular formula is C13H10NO5S2-. The summed E-state index contributed by atoms with van der Waals surface area (Å²) >= 11 is 6.03. The second-order valence-corrected chi connectivity index (χ2v) is 5.61. The van der Waals surface area contributed by atoms with Crippen LogP contribution in [0.2, 0.25) is 0 Å². The second-order valence-electron chi connectivity index (χ2n) is 3.89. The summed E-state index contributed by atoms with van der Waals surface area (Å²) in [6.45, 7) is -0.617.